The van der Waals surface area contributed by atoms with Crippen molar-refractivity contribution in [3.63, 3.8) is 0 Å². The predicted octanol–water partition coefficient (Wildman–Crippen LogP) is 3.33. The van der Waals surface area contributed by atoms with Crippen LogP contribution in [0.4, 0.5) is 5.69 Å². The first-order valence-corrected chi connectivity index (χ1v) is 6.50. The Kier molecular flexibility index (Phi) is 3.52. The van der Waals surface area contributed by atoms with Crippen LogP contribution in [0.2, 0.25) is 0 Å². The molecule has 0 bridgehead atoms. The summed E-state index contributed by atoms with van der Waals surface area (Å²) in [6, 6.07) is 2.03. The lowest BCUT2D eigenvalue weighted by molar-refractivity contribution is 0.393. The topological polar surface area (TPSA) is 38.9 Å². The molecular formula is C12H18N2S. The van der Waals surface area contributed by atoms with Gasteiger partial charge in [-0.1, -0.05) is 6.92 Å². The molecule has 15 heavy (non-hydrogen) atoms. The highest BCUT2D eigenvalue weighted by molar-refractivity contribution is 8.00. The van der Waals surface area contributed by atoms with Gasteiger partial charge in [0.15, 0.2) is 0 Å². The summed E-state index contributed by atoms with van der Waals surface area (Å²) in [7, 11) is 0. The zero-order chi connectivity index (χ0) is 10.7. The average molecular weight is 222 g/mol. The smallest absolute Gasteiger partial charge is 0.0638 e. The molecule has 0 atom stereocenters. The Morgan fingerprint density at radius 3 is 2.73 bits per heavy atom. The van der Waals surface area contributed by atoms with Gasteiger partial charge in [0.2, 0.25) is 0 Å². The van der Waals surface area contributed by atoms with Gasteiger partial charge in [0.05, 0.1) is 11.9 Å². The van der Waals surface area contributed by atoms with E-state index in [0.29, 0.717) is 0 Å². The predicted molar refractivity (Wildman–Crippen MR) is 65.9 cm³/mol. The molecule has 1 aromatic rings. The second-order valence-corrected chi connectivity index (χ2v) is 5.76. The van der Waals surface area contributed by atoms with Gasteiger partial charge in [0.1, 0.15) is 0 Å². The van der Waals surface area contributed by atoms with Gasteiger partial charge in [0, 0.05) is 16.3 Å². The second-order valence-electron chi connectivity index (χ2n) is 4.41. The Balaban J connectivity index is 1.95. The van der Waals surface area contributed by atoms with E-state index in [1.807, 2.05) is 24.0 Å². The largest absolute Gasteiger partial charge is 0.397 e. The number of rotatable bonds is 2. The molecule has 2 nitrogen and oxygen atoms in total. The average Bonchev–Trinajstić information content (AvgIpc) is 2.25. The molecule has 0 spiro atoms. The highest BCUT2D eigenvalue weighted by Gasteiger charge is 2.19. The third kappa shape index (κ3) is 2.88. The molecule has 0 unspecified atom stereocenters. The van der Waals surface area contributed by atoms with E-state index in [1.165, 1.54) is 30.6 Å². The van der Waals surface area contributed by atoms with Crippen LogP contribution in [-0.4, -0.2) is 10.2 Å². The van der Waals surface area contributed by atoms with Crippen LogP contribution in [0, 0.1) is 5.92 Å². The quantitative estimate of drug-likeness (QED) is 0.834. The van der Waals surface area contributed by atoms with Gasteiger partial charge in [0.25, 0.3) is 0 Å². The molecule has 2 rings (SSSR count). The highest BCUT2D eigenvalue weighted by Crippen LogP contribution is 2.37. The van der Waals surface area contributed by atoms with Crippen molar-refractivity contribution in [2.45, 2.75) is 42.8 Å². The van der Waals surface area contributed by atoms with Gasteiger partial charge < -0.3 is 5.73 Å². The summed E-state index contributed by atoms with van der Waals surface area (Å²) in [5.41, 5.74) is 6.70. The first-order valence-electron chi connectivity index (χ1n) is 5.62. The molecule has 1 heterocycles. The van der Waals surface area contributed by atoms with E-state index in [0.717, 1.165) is 16.9 Å². The minimum Gasteiger partial charge on any atom is -0.397 e. The number of nitrogens with two attached hydrogens (primary N) is 1. The summed E-state index contributed by atoms with van der Waals surface area (Å²) in [6.45, 7) is 2.35. The Hall–Kier alpha value is -0.700. The number of pyridine rings is 1. The van der Waals surface area contributed by atoms with Crippen molar-refractivity contribution in [2.75, 3.05) is 5.73 Å². The van der Waals surface area contributed by atoms with Gasteiger partial charge in [-0.15, -0.1) is 11.8 Å². The molecule has 2 N–H and O–H groups in total. The maximum atomic E-state index is 5.88. The summed E-state index contributed by atoms with van der Waals surface area (Å²) in [4.78, 5) is 5.21. The van der Waals surface area contributed by atoms with Crippen LogP contribution >= 0.6 is 11.8 Å². The van der Waals surface area contributed by atoms with E-state index in [9.17, 15) is 0 Å². The van der Waals surface area contributed by atoms with Gasteiger partial charge in [-0.25, -0.2) is 0 Å². The molecule has 1 aromatic heterocycles. The summed E-state index contributed by atoms with van der Waals surface area (Å²) in [5, 5.41) is 0.755. The lowest BCUT2D eigenvalue weighted by Gasteiger charge is -2.25. The first kappa shape index (κ1) is 10.8. The fourth-order valence-electron chi connectivity index (χ4n) is 2.03. The standard InChI is InChI=1S/C12H18N2S/c1-9-2-4-10(5-3-9)15-12-6-7-14-8-11(12)13/h6-10H,2-5,13H2,1H3. The zero-order valence-corrected chi connectivity index (χ0v) is 9.96. The van der Waals surface area contributed by atoms with Gasteiger partial charge >= 0.3 is 0 Å². The maximum Gasteiger partial charge on any atom is 0.0638 e. The Labute approximate surface area is 95.7 Å². The second kappa shape index (κ2) is 4.88. The van der Waals surface area contributed by atoms with Crippen molar-refractivity contribution in [3.05, 3.63) is 18.5 Å². The molecule has 1 aliphatic rings. The molecule has 0 saturated heterocycles. The fraction of sp³-hybridized carbons (Fsp3) is 0.583. The van der Waals surface area contributed by atoms with E-state index >= 15 is 0 Å². The molecule has 1 saturated carbocycles. The molecule has 1 fully saturated rings. The SMILES string of the molecule is CC1CCC(Sc2ccncc2N)CC1. The maximum absolute atomic E-state index is 5.88. The minimum absolute atomic E-state index is 0.755. The Bertz CT molecular complexity index is 319. The molecule has 0 amide bonds. The Morgan fingerprint density at radius 1 is 1.33 bits per heavy atom. The van der Waals surface area contributed by atoms with Crippen molar-refractivity contribution in [1.82, 2.24) is 4.98 Å². The van der Waals surface area contributed by atoms with Gasteiger partial charge in [-0.3, -0.25) is 4.98 Å². The zero-order valence-electron chi connectivity index (χ0n) is 9.15. The van der Waals surface area contributed by atoms with Gasteiger partial charge in [-0.05, 0) is 37.7 Å². The van der Waals surface area contributed by atoms with Crippen LogP contribution in [0.5, 0.6) is 0 Å². The van der Waals surface area contributed by atoms with Crippen molar-refractivity contribution in [1.29, 1.82) is 0 Å². The third-order valence-electron chi connectivity index (χ3n) is 3.07. The molecule has 1 aliphatic carbocycles. The summed E-state index contributed by atoms with van der Waals surface area (Å²) < 4.78 is 0. The number of anilines is 1. The van der Waals surface area contributed by atoms with E-state index < -0.39 is 0 Å². The summed E-state index contributed by atoms with van der Waals surface area (Å²) >= 11 is 1.93. The third-order valence-corrected chi connectivity index (χ3v) is 4.50. The van der Waals surface area contributed by atoms with Crippen LogP contribution in [0.25, 0.3) is 0 Å². The first-order chi connectivity index (χ1) is 7.25. The van der Waals surface area contributed by atoms with Crippen LogP contribution in [0.1, 0.15) is 32.6 Å². The molecule has 82 valence electrons. The van der Waals surface area contributed by atoms with E-state index in [-0.39, 0.29) is 0 Å². The van der Waals surface area contributed by atoms with Crippen LogP contribution in [0.3, 0.4) is 0 Å². The summed E-state index contributed by atoms with van der Waals surface area (Å²) in [5.74, 6) is 0.914. The molecule has 3 heteroatoms. The number of nitrogens with zero attached hydrogens (tertiary/aromatic N) is 1. The number of aromatic nitrogens is 1. The fourth-order valence-corrected chi connectivity index (χ4v) is 3.22. The van der Waals surface area contributed by atoms with Crippen molar-refractivity contribution >= 4 is 17.4 Å². The minimum atomic E-state index is 0.755. The molecule has 0 radical (unpaired) electrons. The van der Waals surface area contributed by atoms with Crippen LogP contribution < -0.4 is 5.73 Å². The van der Waals surface area contributed by atoms with Crippen molar-refractivity contribution in [2.24, 2.45) is 5.92 Å². The molecular weight excluding hydrogens is 204 g/mol. The Morgan fingerprint density at radius 2 is 2.07 bits per heavy atom. The number of thioether (sulfide) groups is 1. The summed E-state index contributed by atoms with van der Waals surface area (Å²) in [6.07, 6.45) is 8.95. The lowest BCUT2D eigenvalue weighted by atomic mass is 9.91. The monoisotopic (exact) mass is 222 g/mol. The highest BCUT2D eigenvalue weighted by atomic mass is 32.2. The lowest BCUT2D eigenvalue weighted by Crippen LogP contribution is -2.14. The van der Waals surface area contributed by atoms with Crippen molar-refractivity contribution in [3.8, 4) is 0 Å². The number of hydrogen-bond donors (Lipinski definition) is 1. The number of nitrogen functional groups attached to an aromatic ring is 1. The van der Waals surface area contributed by atoms with Crippen LogP contribution in [-0.2, 0) is 0 Å². The normalized spacial score (nSPS) is 26.5. The van der Waals surface area contributed by atoms with Crippen LogP contribution in [0.15, 0.2) is 23.4 Å². The van der Waals surface area contributed by atoms with E-state index in [4.69, 9.17) is 5.73 Å². The van der Waals surface area contributed by atoms with E-state index in [1.54, 1.807) is 6.20 Å². The molecule has 0 aliphatic heterocycles. The molecule has 0 aromatic carbocycles. The van der Waals surface area contributed by atoms with Crippen molar-refractivity contribution < 1.29 is 0 Å². The van der Waals surface area contributed by atoms with Gasteiger partial charge in [-0.2, -0.15) is 0 Å². The van der Waals surface area contributed by atoms with E-state index in [2.05, 4.69) is 11.9 Å². The number of hydrogen-bond acceptors (Lipinski definition) is 3.